The molecule has 0 aromatic heterocycles. The van der Waals surface area contributed by atoms with Crippen molar-refractivity contribution in [2.24, 2.45) is 5.92 Å². The van der Waals surface area contributed by atoms with Gasteiger partial charge in [0.05, 0.1) is 6.61 Å². The fourth-order valence-corrected chi connectivity index (χ4v) is 2.22. The van der Waals surface area contributed by atoms with Crippen LogP contribution in [0, 0.1) is 12.8 Å². The van der Waals surface area contributed by atoms with Crippen molar-refractivity contribution in [1.29, 1.82) is 0 Å². The maximum Gasteiger partial charge on any atom is 0.0702 e. The van der Waals surface area contributed by atoms with Crippen LogP contribution in [0.25, 0.3) is 0 Å². The number of aryl methyl sites for hydroxylation is 1. The highest BCUT2D eigenvalue weighted by Crippen LogP contribution is 2.23. The lowest BCUT2D eigenvalue weighted by atomic mass is 10.1. The lowest BCUT2D eigenvalue weighted by molar-refractivity contribution is 0.281. The molecule has 0 aliphatic heterocycles. The van der Waals surface area contributed by atoms with Gasteiger partial charge in [0, 0.05) is 30.9 Å². The number of hydrogen-bond donors (Lipinski definition) is 1. The molecule has 0 radical (unpaired) electrons. The van der Waals surface area contributed by atoms with Crippen LogP contribution in [0.15, 0.2) is 18.2 Å². The first-order chi connectivity index (χ1) is 8.93. The van der Waals surface area contributed by atoms with Crippen LogP contribution in [0.3, 0.4) is 0 Å². The van der Waals surface area contributed by atoms with Crippen LogP contribution in [0.2, 0.25) is 0 Å². The van der Waals surface area contributed by atoms with Gasteiger partial charge in [-0.1, -0.05) is 31.5 Å². The maximum atomic E-state index is 9.57. The third-order valence-corrected chi connectivity index (χ3v) is 3.15. The molecule has 0 fully saturated rings. The first-order valence-corrected chi connectivity index (χ1v) is 7.04. The van der Waals surface area contributed by atoms with Gasteiger partial charge in [-0.15, -0.1) is 0 Å². The minimum absolute atomic E-state index is 0.105. The highest BCUT2D eigenvalue weighted by atomic mass is 16.3. The van der Waals surface area contributed by atoms with Crippen molar-refractivity contribution in [3.63, 3.8) is 0 Å². The third-order valence-electron chi connectivity index (χ3n) is 3.15. The second-order valence-electron chi connectivity index (χ2n) is 5.93. The zero-order valence-electron chi connectivity index (χ0n) is 13.0. The normalized spacial score (nSPS) is 11.4. The van der Waals surface area contributed by atoms with Crippen molar-refractivity contribution in [2.45, 2.75) is 27.4 Å². The van der Waals surface area contributed by atoms with Crippen molar-refractivity contribution < 1.29 is 5.11 Å². The number of benzene rings is 1. The van der Waals surface area contributed by atoms with E-state index in [2.05, 4.69) is 62.9 Å². The van der Waals surface area contributed by atoms with E-state index in [-0.39, 0.29) is 6.61 Å². The van der Waals surface area contributed by atoms with E-state index in [1.165, 1.54) is 11.3 Å². The number of nitrogens with zero attached hydrogens (tertiary/aromatic N) is 2. The number of rotatable bonds is 7. The molecule has 1 rings (SSSR count). The Morgan fingerprint density at radius 1 is 1.16 bits per heavy atom. The molecule has 0 saturated heterocycles. The number of likely N-dealkylation sites (N-methyl/N-ethyl adjacent to an activating group) is 1. The Morgan fingerprint density at radius 2 is 1.84 bits per heavy atom. The van der Waals surface area contributed by atoms with Crippen LogP contribution < -0.4 is 4.90 Å². The summed E-state index contributed by atoms with van der Waals surface area (Å²) in [5, 5.41) is 9.57. The number of aliphatic hydroxyl groups is 1. The first kappa shape index (κ1) is 16.0. The van der Waals surface area contributed by atoms with Crippen molar-refractivity contribution >= 4 is 5.69 Å². The molecule has 3 heteroatoms. The Balaban J connectivity index is 2.95. The summed E-state index contributed by atoms with van der Waals surface area (Å²) in [7, 11) is 4.19. The molecule has 3 nitrogen and oxygen atoms in total. The molecule has 108 valence electrons. The van der Waals surface area contributed by atoms with Gasteiger partial charge in [-0.3, -0.25) is 0 Å². The molecular formula is C16H28N2O. The zero-order valence-corrected chi connectivity index (χ0v) is 13.0. The summed E-state index contributed by atoms with van der Waals surface area (Å²) in [5.41, 5.74) is 3.40. The summed E-state index contributed by atoms with van der Waals surface area (Å²) in [5.74, 6) is 0.606. The molecule has 1 aromatic rings. The summed E-state index contributed by atoms with van der Waals surface area (Å²) < 4.78 is 0. The second-order valence-corrected chi connectivity index (χ2v) is 5.93. The molecule has 0 aliphatic carbocycles. The van der Waals surface area contributed by atoms with Crippen molar-refractivity contribution in [2.75, 3.05) is 38.6 Å². The van der Waals surface area contributed by atoms with Gasteiger partial charge in [-0.2, -0.15) is 0 Å². The Hall–Kier alpha value is -1.06. The van der Waals surface area contributed by atoms with Crippen LogP contribution in [-0.2, 0) is 6.61 Å². The molecule has 0 amide bonds. The van der Waals surface area contributed by atoms with Gasteiger partial charge in [0.1, 0.15) is 0 Å². The fourth-order valence-electron chi connectivity index (χ4n) is 2.22. The zero-order chi connectivity index (χ0) is 14.4. The minimum Gasteiger partial charge on any atom is -0.392 e. The lowest BCUT2D eigenvalue weighted by Crippen LogP contribution is -2.35. The van der Waals surface area contributed by atoms with E-state index >= 15 is 0 Å². The molecule has 1 aromatic carbocycles. The fraction of sp³-hybridized carbons (Fsp3) is 0.625. The smallest absolute Gasteiger partial charge is 0.0702 e. The summed E-state index contributed by atoms with van der Waals surface area (Å²) in [6.45, 7) is 9.66. The third kappa shape index (κ3) is 5.21. The van der Waals surface area contributed by atoms with Gasteiger partial charge in [0.15, 0.2) is 0 Å². The number of anilines is 1. The topological polar surface area (TPSA) is 26.7 Å². The highest BCUT2D eigenvalue weighted by Gasteiger charge is 2.12. The first-order valence-electron chi connectivity index (χ1n) is 7.04. The quantitative estimate of drug-likeness (QED) is 0.820. The molecule has 0 atom stereocenters. The summed E-state index contributed by atoms with van der Waals surface area (Å²) in [6, 6.07) is 6.34. The van der Waals surface area contributed by atoms with E-state index < -0.39 is 0 Å². The van der Waals surface area contributed by atoms with Gasteiger partial charge in [-0.05, 0) is 33.0 Å². The summed E-state index contributed by atoms with van der Waals surface area (Å²) in [6.07, 6.45) is 0. The van der Waals surface area contributed by atoms with Crippen LogP contribution in [0.1, 0.15) is 25.0 Å². The van der Waals surface area contributed by atoms with E-state index in [4.69, 9.17) is 0 Å². The molecule has 0 spiro atoms. The minimum atomic E-state index is 0.105. The number of hydrogen-bond acceptors (Lipinski definition) is 3. The summed E-state index contributed by atoms with van der Waals surface area (Å²) >= 11 is 0. The Morgan fingerprint density at radius 3 is 2.37 bits per heavy atom. The number of aliphatic hydroxyl groups excluding tert-OH is 1. The van der Waals surface area contributed by atoms with Gasteiger partial charge >= 0.3 is 0 Å². The molecule has 0 aliphatic rings. The van der Waals surface area contributed by atoms with E-state index in [0.717, 1.165) is 25.2 Å². The van der Waals surface area contributed by atoms with Crippen LogP contribution in [0.4, 0.5) is 5.69 Å². The van der Waals surface area contributed by atoms with E-state index in [1.54, 1.807) is 0 Å². The van der Waals surface area contributed by atoms with Crippen LogP contribution in [0.5, 0.6) is 0 Å². The van der Waals surface area contributed by atoms with E-state index in [9.17, 15) is 5.11 Å². The van der Waals surface area contributed by atoms with E-state index in [1.807, 2.05) is 0 Å². The highest BCUT2D eigenvalue weighted by molar-refractivity contribution is 5.54. The van der Waals surface area contributed by atoms with Crippen molar-refractivity contribution in [3.05, 3.63) is 29.3 Å². The molecular weight excluding hydrogens is 236 g/mol. The van der Waals surface area contributed by atoms with Crippen molar-refractivity contribution in [3.8, 4) is 0 Å². The van der Waals surface area contributed by atoms with Gasteiger partial charge in [0.25, 0.3) is 0 Å². The predicted octanol–water partition coefficient (Wildman–Crippen LogP) is 2.51. The Kier molecular flexibility index (Phi) is 6.32. The monoisotopic (exact) mass is 264 g/mol. The van der Waals surface area contributed by atoms with Crippen LogP contribution >= 0.6 is 0 Å². The Labute approximate surface area is 117 Å². The van der Waals surface area contributed by atoms with Gasteiger partial charge < -0.3 is 14.9 Å². The standard InChI is InChI=1S/C16H28N2O/c1-13(2)11-18(9-8-17(4)5)16-7-6-14(3)10-15(16)12-19/h6-7,10,13,19H,8-9,11-12H2,1-5H3. The Bertz CT molecular complexity index is 388. The molecule has 0 heterocycles. The molecule has 0 saturated carbocycles. The SMILES string of the molecule is Cc1ccc(N(CCN(C)C)CC(C)C)c(CO)c1. The molecule has 0 bridgehead atoms. The van der Waals surface area contributed by atoms with Gasteiger partial charge in [-0.25, -0.2) is 0 Å². The summed E-state index contributed by atoms with van der Waals surface area (Å²) in [4.78, 5) is 4.58. The largest absolute Gasteiger partial charge is 0.392 e. The second kappa shape index (κ2) is 7.51. The molecule has 0 unspecified atom stereocenters. The van der Waals surface area contributed by atoms with Gasteiger partial charge in [0.2, 0.25) is 0 Å². The van der Waals surface area contributed by atoms with E-state index in [0.29, 0.717) is 5.92 Å². The molecule has 19 heavy (non-hydrogen) atoms. The van der Waals surface area contributed by atoms with Crippen LogP contribution in [-0.4, -0.2) is 43.7 Å². The maximum absolute atomic E-state index is 9.57. The van der Waals surface area contributed by atoms with Crippen molar-refractivity contribution in [1.82, 2.24) is 4.90 Å². The average Bonchev–Trinajstić information content (AvgIpc) is 2.33. The lowest BCUT2D eigenvalue weighted by Gasteiger charge is -2.30. The molecule has 1 N–H and O–H groups in total. The predicted molar refractivity (Wildman–Crippen MR) is 82.7 cm³/mol. The average molecular weight is 264 g/mol.